The Kier molecular flexibility index (Phi) is 3.57. The number of rotatable bonds is 3. The lowest BCUT2D eigenvalue weighted by molar-refractivity contribution is -0.108. The third-order valence-corrected chi connectivity index (χ3v) is 4.40. The van der Waals surface area contributed by atoms with Crippen molar-refractivity contribution in [2.24, 2.45) is 11.7 Å². The Morgan fingerprint density at radius 1 is 1.44 bits per heavy atom. The van der Waals surface area contributed by atoms with E-state index in [1.54, 1.807) is 7.11 Å². The second kappa shape index (κ2) is 4.63. The maximum Gasteiger partial charge on any atom is 0.0685 e. The summed E-state index contributed by atoms with van der Waals surface area (Å²) in [7, 11) is 1.73. The number of nitrogens with two attached hydrogens (primary N) is 1. The van der Waals surface area contributed by atoms with E-state index in [1.807, 2.05) is 0 Å². The zero-order valence-corrected chi connectivity index (χ0v) is 10.6. The molecule has 2 rings (SSSR count). The van der Waals surface area contributed by atoms with Gasteiger partial charge in [-0.05, 0) is 38.5 Å². The monoisotopic (exact) mass is 227 g/mol. The van der Waals surface area contributed by atoms with Crippen molar-refractivity contribution in [1.82, 2.24) is 0 Å². The Morgan fingerprint density at radius 3 is 2.75 bits per heavy atom. The van der Waals surface area contributed by atoms with Gasteiger partial charge in [-0.1, -0.05) is 12.8 Å². The summed E-state index contributed by atoms with van der Waals surface area (Å²) in [6.07, 6.45) is 7.30. The molecule has 1 aliphatic heterocycles. The predicted molar refractivity (Wildman–Crippen MR) is 64.3 cm³/mol. The van der Waals surface area contributed by atoms with Crippen molar-refractivity contribution < 1.29 is 9.47 Å². The Labute approximate surface area is 98.7 Å². The van der Waals surface area contributed by atoms with Gasteiger partial charge in [-0.15, -0.1) is 0 Å². The molecule has 3 heteroatoms. The molecule has 2 fully saturated rings. The summed E-state index contributed by atoms with van der Waals surface area (Å²) >= 11 is 0. The van der Waals surface area contributed by atoms with Crippen LogP contribution in [0.1, 0.15) is 45.4 Å². The van der Waals surface area contributed by atoms with Gasteiger partial charge >= 0.3 is 0 Å². The fraction of sp³-hybridized carbons (Fsp3) is 1.00. The van der Waals surface area contributed by atoms with E-state index in [1.165, 1.54) is 25.7 Å². The highest BCUT2D eigenvalue weighted by atomic mass is 16.5. The summed E-state index contributed by atoms with van der Waals surface area (Å²) in [6.45, 7) is 3.64. The smallest absolute Gasteiger partial charge is 0.0685 e. The van der Waals surface area contributed by atoms with Crippen LogP contribution in [0.4, 0.5) is 0 Å². The van der Waals surface area contributed by atoms with Crippen LogP contribution in [0, 0.1) is 5.92 Å². The molecule has 2 N–H and O–H groups in total. The van der Waals surface area contributed by atoms with Gasteiger partial charge in [0.2, 0.25) is 0 Å². The van der Waals surface area contributed by atoms with Gasteiger partial charge in [0.15, 0.2) is 0 Å². The normalized spacial score (nSPS) is 32.8. The fourth-order valence-corrected chi connectivity index (χ4v) is 3.39. The summed E-state index contributed by atoms with van der Waals surface area (Å²) in [6, 6.07) is 0. The van der Waals surface area contributed by atoms with Crippen molar-refractivity contribution in [2.45, 2.75) is 56.6 Å². The second-order valence-electron chi connectivity index (χ2n) is 5.87. The van der Waals surface area contributed by atoms with Crippen LogP contribution in [0.2, 0.25) is 0 Å². The second-order valence-corrected chi connectivity index (χ2v) is 5.87. The Morgan fingerprint density at radius 2 is 2.12 bits per heavy atom. The molecule has 16 heavy (non-hydrogen) atoms. The Balaban J connectivity index is 2.00. The number of hydrogen-bond acceptors (Lipinski definition) is 3. The van der Waals surface area contributed by atoms with Crippen molar-refractivity contribution in [3.63, 3.8) is 0 Å². The Hall–Kier alpha value is -0.120. The first-order valence-corrected chi connectivity index (χ1v) is 6.50. The molecular formula is C13H25NO2. The summed E-state index contributed by atoms with van der Waals surface area (Å²) < 4.78 is 11.3. The summed E-state index contributed by atoms with van der Waals surface area (Å²) in [5.74, 6) is 0.541. The van der Waals surface area contributed by atoms with Gasteiger partial charge in [0.1, 0.15) is 0 Å². The molecule has 2 unspecified atom stereocenters. The lowest BCUT2D eigenvalue weighted by atomic mass is 9.75. The van der Waals surface area contributed by atoms with Crippen molar-refractivity contribution >= 4 is 0 Å². The van der Waals surface area contributed by atoms with Crippen LogP contribution in [-0.4, -0.2) is 31.5 Å². The molecule has 3 nitrogen and oxygen atoms in total. The highest BCUT2D eigenvalue weighted by Crippen LogP contribution is 2.44. The van der Waals surface area contributed by atoms with E-state index < -0.39 is 0 Å². The van der Waals surface area contributed by atoms with Gasteiger partial charge < -0.3 is 15.2 Å². The molecule has 0 radical (unpaired) electrons. The van der Waals surface area contributed by atoms with Crippen molar-refractivity contribution in [1.29, 1.82) is 0 Å². The minimum atomic E-state index is -0.200. The van der Waals surface area contributed by atoms with Crippen molar-refractivity contribution in [3.05, 3.63) is 0 Å². The standard InChI is InChI=1S/C13H25NO2/c1-12(14,10-15-2)11-5-8-16-13(9-11)6-3-4-7-13/h11H,3-10,14H2,1-2H3. The molecule has 2 aliphatic rings. The van der Waals surface area contributed by atoms with Gasteiger partial charge in [0, 0.05) is 19.3 Å². The molecule has 0 aromatic carbocycles. The molecule has 1 saturated carbocycles. The van der Waals surface area contributed by atoms with E-state index in [2.05, 4.69) is 6.92 Å². The SMILES string of the molecule is COCC(C)(N)C1CCOC2(CCCC2)C1. The fourth-order valence-electron chi connectivity index (χ4n) is 3.39. The van der Waals surface area contributed by atoms with Crippen LogP contribution in [0.3, 0.4) is 0 Å². The van der Waals surface area contributed by atoms with Crippen LogP contribution in [0.15, 0.2) is 0 Å². The average Bonchev–Trinajstić information content (AvgIpc) is 2.66. The molecule has 0 aromatic heterocycles. The molecule has 1 aliphatic carbocycles. The van der Waals surface area contributed by atoms with Crippen LogP contribution >= 0.6 is 0 Å². The minimum absolute atomic E-state index is 0.164. The first-order chi connectivity index (χ1) is 7.58. The largest absolute Gasteiger partial charge is 0.383 e. The van der Waals surface area contributed by atoms with E-state index in [-0.39, 0.29) is 11.1 Å². The quantitative estimate of drug-likeness (QED) is 0.803. The number of ether oxygens (including phenoxy) is 2. The van der Waals surface area contributed by atoms with Crippen LogP contribution in [-0.2, 0) is 9.47 Å². The van der Waals surface area contributed by atoms with E-state index in [0.29, 0.717) is 12.5 Å². The van der Waals surface area contributed by atoms with Gasteiger partial charge in [0.05, 0.1) is 12.2 Å². The van der Waals surface area contributed by atoms with Gasteiger partial charge in [-0.2, -0.15) is 0 Å². The summed E-state index contributed by atoms with van der Waals surface area (Å²) in [5, 5.41) is 0. The third kappa shape index (κ3) is 2.41. The average molecular weight is 227 g/mol. The molecule has 1 heterocycles. The number of hydrogen-bond donors (Lipinski definition) is 1. The molecule has 94 valence electrons. The van der Waals surface area contributed by atoms with E-state index >= 15 is 0 Å². The van der Waals surface area contributed by atoms with Crippen molar-refractivity contribution in [2.75, 3.05) is 20.3 Å². The maximum absolute atomic E-state index is 6.37. The van der Waals surface area contributed by atoms with Crippen LogP contribution in [0.5, 0.6) is 0 Å². The van der Waals surface area contributed by atoms with Gasteiger partial charge in [-0.25, -0.2) is 0 Å². The van der Waals surface area contributed by atoms with E-state index in [9.17, 15) is 0 Å². The highest BCUT2D eigenvalue weighted by Gasteiger charge is 2.44. The summed E-state index contributed by atoms with van der Waals surface area (Å²) in [5.41, 5.74) is 6.34. The Bertz CT molecular complexity index is 234. The first-order valence-electron chi connectivity index (χ1n) is 6.50. The molecule has 0 amide bonds. The minimum Gasteiger partial charge on any atom is -0.383 e. The topological polar surface area (TPSA) is 44.5 Å². The predicted octanol–water partition coefficient (Wildman–Crippen LogP) is 2.09. The zero-order valence-electron chi connectivity index (χ0n) is 10.6. The van der Waals surface area contributed by atoms with E-state index in [0.717, 1.165) is 19.4 Å². The number of methoxy groups -OCH3 is 1. The summed E-state index contributed by atoms with van der Waals surface area (Å²) in [4.78, 5) is 0. The molecule has 2 atom stereocenters. The third-order valence-electron chi connectivity index (χ3n) is 4.40. The van der Waals surface area contributed by atoms with Gasteiger partial charge in [0.25, 0.3) is 0 Å². The van der Waals surface area contributed by atoms with E-state index in [4.69, 9.17) is 15.2 Å². The van der Waals surface area contributed by atoms with Crippen LogP contribution < -0.4 is 5.73 Å². The molecule has 0 aromatic rings. The maximum atomic E-state index is 6.37. The van der Waals surface area contributed by atoms with Gasteiger partial charge in [-0.3, -0.25) is 0 Å². The highest BCUT2D eigenvalue weighted by molar-refractivity contribution is 4.98. The molecule has 0 bridgehead atoms. The van der Waals surface area contributed by atoms with Crippen LogP contribution in [0.25, 0.3) is 0 Å². The molecule has 1 saturated heterocycles. The molecular weight excluding hydrogens is 202 g/mol. The lowest BCUT2D eigenvalue weighted by Crippen LogP contribution is -2.53. The zero-order chi connectivity index (χ0) is 11.6. The van der Waals surface area contributed by atoms with Crippen molar-refractivity contribution in [3.8, 4) is 0 Å². The lowest BCUT2D eigenvalue weighted by Gasteiger charge is -2.44. The first kappa shape index (κ1) is 12.3. The molecule has 1 spiro atoms.